The predicted molar refractivity (Wildman–Crippen MR) is 148 cm³/mol. The fourth-order valence-electron chi connectivity index (χ4n) is 4.82. The molecule has 14 heteroatoms. The van der Waals surface area contributed by atoms with Crippen molar-refractivity contribution in [2.45, 2.75) is 50.7 Å². The van der Waals surface area contributed by atoms with Crippen molar-refractivity contribution in [3.63, 3.8) is 0 Å². The van der Waals surface area contributed by atoms with Gasteiger partial charge in [0.1, 0.15) is 23.5 Å². The zero-order valence-corrected chi connectivity index (χ0v) is 23.0. The van der Waals surface area contributed by atoms with Crippen molar-refractivity contribution in [1.29, 1.82) is 0 Å². The Labute approximate surface area is 240 Å². The summed E-state index contributed by atoms with van der Waals surface area (Å²) < 4.78 is 12.5. The Kier molecular flexibility index (Phi) is 8.55. The third kappa shape index (κ3) is 6.20. The van der Waals surface area contributed by atoms with Crippen molar-refractivity contribution >= 4 is 40.6 Å². The summed E-state index contributed by atoms with van der Waals surface area (Å²) in [5.41, 5.74) is 6.63. The molecule has 13 nitrogen and oxygen atoms in total. The number of nitrogens with zero attached hydrogens (tertiary/aromatic N) is 5. The molecule has 2 saturated heterocycles. The van der Waals surface area contributed by atoms with Gasteiger partial charge in [0.2, 0.25) is 5.82 Å². The van der Waals surface area contributed by atoms with E-state index in [-0.39, 0.29) is 28.7 Å². The van der Waals surface area contributed by atoms with Gasteiger partial charge in [-0.2, -0.15) is 0 Å². The number of imidazole rings is 1. The molecule has 2 aliphatic rings. The molecule has 216 valence electrons. The maximum Gasteiger partial charge on any atom is 0.415 e. The van der Waals surface area contributed by atoms with Gasteiger partial charge >= 0.3 is 6.09 Å². The number of aliphatic hydroxyl groups excluding tert-OH is 2. The molecule has 0 unspecified atom stereocenters. The molecule has 0 saturated carbocycles. The minimum atomic E-state index is -1.44. The van der Waals surface area contributed by atoms with Crippen LogP contribution in [0.25, 0.3) is 11.2 Å². The van der Waals surface area contributed by atoms with Gasteiger partial charge in [-0.15, -0.1) is 0 Å². The van der Waals surface area contributed by atoms with Crippen LogP contribution >= 0.6 is 11.6 Å². The van der Waals surface area contributed by atoms with Crippen LogP contribution in [-0.4, -0.2) is 84.6 Å². The van der Waals surface area contributed by atoms with E-state index in [2.05, 4.69) is 32.1 Å². The van der Waals surface area contributed by atoms with Crippen molar-refractivity contribution in [3.8, 4) is 17.6 Å². The number of nitrogen functional groups attached to an aromatic ring is 1. The fraction of sp³-hybridized carbons (Fsp3) is 0.444. The monoisotopic (exact) mass is 583 g/mol. The summed E-state index contributed by atoms with van der Waals surface area (Å²) in [5, 5.41) is 24.1. The number of aromatic nitrogens is 4. The van der Waals surface area contributed by atoms with E-state index in [4.69, 9.17) is 26.8 Å². The summed E-state index contributed by atoms with van der Waals surface area (Å²) >= 11 is 5.87. The van der Waals surface area contributed by atoms with Gasteiger partial charge in [-0.05, 0) is 55.9 Å². The maximum atomic E-state index is 12.5. The molecule has 41 heavy (non-hydrogen) atoms. The van der Waals surface area contributed by atoms with Crippen LogP contribution in [0.4, 0.5) is 10.6 Å². The quantitative estimate of drug-likeness (QED) is 0.321. The number of rotatable bonds is 5. The molecule has 0 radical (unpaired) electrons. The molecule has 4 heterocycles. The average molecular weight is 584 g/mol. The highest BCUT2D eigenvalue weighted by atomic mass is 35.5. The van der Waals surface area contributed by atoms with E-state index in [1.165, 1.54) is 10.9 Å². The standard InChI is InChI=1S/C27H30ClN7O6/c1-2-30-25(38)22-20(36)21(37)26(41-22)35-14-31-19-23(29)32-18(33-24(19)35)5-3-4-15-10-12-34(13-11-15)27(39)40-17-8-6-16(28)7-9-17/h6-9,14-15,20-22,26,36-37H,2,4,10-13H2,1H3,(H,30,38)(H2,29,32,33)/t20-,21+,22-,26+/m0/s1. The number of ether oxygens (including phenoxy) is 2. The average Bonchev–Trinajstić information content (AvgIpc) is 3.51. The van der Waals surface area contributed by atoms with Gasteiger partial charge < -0.3 is 35.6 Å². The number of amides is 2. The Morgan fingerprint density at radius 1 is 1.20 bits per heavy atom. The van der Waals surface area contributed by atoms with Crippen LogP contribution in [-0.2, 0) is 9.53 Å². The van der Waals surface area contributed by atoms with E-state index >= 15 is 0 Å². The number of benzene rings is 1. The van der Waals surface area contributed by atoms with Crippen LogP contribution in [0.3, 0.4) is 0 Å². The van der Waals surface area contributed by atoms with Crippen LogP contribution < -0.4 is 15.8 Å². The van der Waals surface area contributed by atoms with Gasteiger partial charge in [0, 0.05) is 31.1 Å². The molecular formula is C27H30ClN7O6. The van der Waals surface area contributed by atoms with Gasteiger partial charge in [0.15, 0.2) is 23.8 Å². The number of nitrogens with two attached hydrogens (primary N) is 1. The Morgan fingerprint density at radius 3 is 2.63 bits per heavy atom. The number of fused-ring (bicyclic) bond motifs is 1. The summed E-state index contributed by atoms with van der Waals surface area (Å²) in [6.45, 7) is 3.20. The number of hydrogen-bond donors (Lipinski definition) is 4. The number of likely N-dealkylation sites (N-methyl/N-ethyl adjacent to an activating group) is 1. The number of likely N-dealkylation sites (tertiary alicyclic amines) is 1. The number of carbonyl (C=O) groups excluding carboxylic acids is 2. The smallest absolute Gasteiger partial charge is 0.410 e. The fourth-order valence-corrected chi connectivity index (χ4v) is 4.95. The topological polar surface area (TPSA) is 178 Å². The second-order valence-corrected chi connectivity index (χ2v) is 10.3. The van der Waals surface area contributed by atoms with E-state index in [0.29, 0.717) is 36.8 Å². The van der Waals surface area contributed by atoms with E-state index in [0.717, 1.165) is 12.8 Å². The minimum absolute atomic E-state index is 0.0962. The SMILES string of the molecule is CCNC(=O)[C@H]1O[C@@H](n2cnc3c(N)nc(C#CCC4CCN(C(=O)Oc5ccc(Cl)cc5)CC4)nc32)[C@H](O)[C@@H]1O. The van der Waals surface area contributed by atoms with Crippen LogP contribution in [0.15, 0.2) is 30.6 Å². The lowest BCUT2D eigenvalue weighted by atomic mass is 9.94. The van der Waals surface area contributed by atoms with E-state index < -0.39 is 36.5 Å². The van der Waals surface area contributed by atoms with Crippen LogP contribution in [0.1, 0.15) is 38.2 Å². The van der Waals surface area contributed by atoms with Crippen LogP contribution in [0.5, 0.6) is 5.75 Å². The Balaban J connectivity index is 1.21. The number of aliphatic hydroxyl groups is 2. The summed E-state index contributed by atoms with van der Waals surface area (Å²) in [7, 11) is 0. The maximum absolute atomic E-state index is 12.5. The largest absolute Gasteiger partial charge is 0.415 e. The Hall–Kier alpha value is -3.96. The highest BCUT2D eigenvalue weighted by molar-refractivity contribution is 6.30. The molecule has 1 aromatic carbocycles. The molecular weight excluding hydrogens is 554 g/mol. The zero-order valence-electron chi connectivity index (χ0n) is 22.2. The van der Waals surface area contributed by atoms with Crippen molar-refractivity contribution in [3.05, 3.63) is 41.4 Å². The first kappa shape index (κ1) is 28.6. The van der Waals surface area contributed by atoms with Gasteiger partial charge in [0.05, 0.1) is 6.33 Å². The molecule has 2 aromatic heterocycles. The van der Waals surface area contributed by atoms with Crippen LogP contribution in [0, 0.1) is 17.8 Å². The van der Waals surface area contributed by atoms with Crippen molar-refractivity contribution in [2.24, 2.45) is 5.92 Å². The number of hydrogen-bond acceptors (Lipinski definition) is 10. The Morgan fingerprint density at radius 2 is 1.93 bits per heavy atom. The number of carbonyl (C=O) groups is 2. The summed E-state index contributed by atoms with van der Waals surface area (Å²) in [6, 6.07) is 6.63. The zero-order chi connectivity index (χ0) is 29.1. The third-order valence-corrected chi connectivity index (χ3v) is 7.30. The van der Waals surface area contributed by atoms with Gasteiger partial charge in [-0.25, -0.2) is 19.7 Å². The molecule has 2 aliphatic heterocycles. The minimum Gasteiger partial charge on any atom is -0.410 e. The first-order valence-corrected chi connectivity index (χ1v) is 13.6. The lowest BCUT2D eigenvalue weighted by Gasteiger charge is -2.30. The molecule has 0 spiro atoms. The van der Waals surface area contributed by atoms with Gasteiger partial charge in [-0.3, -0.25) is 9.36 Å². The molecule has 0 aliphatic carbocycles. The first-order chi connectivity index (χ1) is 19.7. The highest BCUT2D eigenvalue weighted by Gasteiger charge is 2.47. The summed E-state index contributed by atoms with van der Waals surface area (Å²) in [4.78, 5) is 39.3. The molecule has 3 aromatic rings. The lowest BCUT2D eigenvalue weighted by Crippen LogP contribution is -2.42. The molecule has 5 N–H and O–H groups in total. The predicted octanol–water partition coefficient (Wildman–Crippen LogP) is 1.47. The van der Waals surface area contributed by atoms with Crippen LogP contribution in [0.2, 0.25) is 5.02 Å². The molecule has 5 rings (SSSR count). The van der Waals surface area contributed by atoms with Crippen molar-refractivity contribution in [1.82, 2.24) is 29.7 Å². The highest BCUT2D eigenvalue weighted by Crippen LogP contribution is 2.32. The number of anilines is 1. The number of halogens is 1. The molecule has 2 amide bonds. The molecule has 4 atom stereocenters. The number of nitrogens with one attached hydrogen (secondary N) is 1. The summed E-state index contributed by atoms with van der Waals surface area (Å²) in [5.74, 6) is 6.49. The number of piperidine rings is 1. The second kappa shape index (κ2) is 12.3. The van der Waals surface area contributed by atoms with E-state index in [1.807, 2.05) is 0 Å². The van der Waals surface area contributed by atoms with E-state index in [1.54, 1.807) is 36.1 Å². The molecule has 0 bridgehead atoms. The normalized spacial score (nSPS) is 22.8. The van der Waals surface area contributed by atoms with Gasteiger partial charge in [-0.1, -0.05) is 17.5 Å². The van der Waals surface area contributed by atoms with E-state index in [9.17, 15) is 19.8 Å². The Bertz CT molecular complexity index is 1480. The summed E-state index contributed by atoms with van der Waals surface area (Å²) in [6.07, 6.45) is -2.13. The van der Waals surface area contributed by atoms with Gasteiger partial charge in [0.25, 0.3) is 5.91 Å². The second-order valence-electron chi connectivity index (χ2n) is 9.84. The first-order valence-electron chi connectivity index (χ1n) is 13.3. The van der Waals surface area contributed by atoms with Crippen molar-refractivity contribution < 1.29 is 29.3 Å². The molecule has 2 fully saturated rings. The lowest BCUT2D eigenvalue weighted by molar-refractivity contribution is -0.137. The van der Waals surface area contributed by atoms with Crippen molar-refractivity contribution in [2.75, 3.05) is 25.4 Å². The third-order valence-electron chi connectivity index (χ3n) is 7.05.